The molecule has 1 amide bonds. The molecule has 4 aromatic rings. The Morgan fingerprint density at radius 3 is 2.79 bits per heavy atom. The Kier molecular flexibility index (Phi) is 5.48. The summed E-state index contributed by atoms with van der Waals surface area (Å²) < 4.78 is 0. The number of hydrazine groups is 1. The Bertz CT molecular complexity index is 1270. The highest BCUT2D eigenvalue weighted by atomic mass is 35.5. The minimum absolute atomic E-state index is 0.259. The van der Waals surface area contributed by atoms with Gasteiger partial charge in [0.2, 0.25) is 0 Å². The number of amides is 1. The number of anilines is 1. The second kappa shape index (κ2) is 8.36. The minimum Gasteiger partial charge on any atom is -0.287 e. The van der Waals surface area contributed by atoms with E-state index in [0.717, 1.165) is 27.6 Å². The number of pyridine rings is 1. The van der Waals surface area contributed by atoms with E-state index in [9.17, 15) is 4.79 Å². The van der Waals surface area contributed by atoms with Crippen LogP contribution in [0.15, 0.2) is 66.2 Å². The van der Waals surface area contributed by atoms with Crippen molar-refractivity contribution in [2.45, 2.75) is 6.92 Å². The van der Waals surface area contributed by atoms with Gasteiger partial charge < -0.3 is 0 Å². The number of carbonyl (C=O) groups excluding carboxylic acids is 1. The van der Waals surface area contributed by atoms with E-state index < -0.39 is 0 Å². The van der Waals surface area contributed by atoms with Gasteiger partial charge in [-0.05, 0) is 48.2 Å². The highest BCUT2D eigenvalue weighted by Crippen LogP contribution is 2.27. The van der Waals surface area contributed by atoms with Gasteiger partial charge in [0, 0.05) is 28.3 Å². The van der Waals surface area contributed by atoms with Crippen molar-refractivity contribution >= 4 is 44.7 Å². The molecule has 0 spiro atoms. The van der Waals surface area contributed by atoms with E-state index in [1.54, 1.807) is 24.4 Å². The van der Waals surface area contributed by atoms with Crippen LogP contribution in [0.25, 0.3) is 10.9 Å². The minimum atomic E-state index is -0.259. The Hall–Kier alpha value is -3.33. The fraction of sp³-hybridized carbons (Fsp3) is 0.0435. The molecule has 0 saturated heterocycles. The average Bonchev–Trinajstić information content (AvgIpc) is 3.16. The zero-order valence-electron chi connectivity index (χ0n) is 15.5. The molecule has 2 heterocycles. The summed E-state index contributed by atoms with van der Waals surface area (Å²) in [6.07, 6.45) is 1.76. The lowest BCUT2D eigenvalue weighted by atomic mass is 10.0. The number of rotatable bonds is 3. The first-order valence-corrected chi connectivity index (χ1v) is 10.1. The largest absolute Gasteiger partial charge is 0.287 e. The molecule has 0 unspecified atom stereocenters. The van der Waals surface area contributed by atoms with Crippen molar-refractivity contribution in [3.05, 3.63) is 93.5 Å². The van der Waals surface area contributed by atoms with Crippen LogP contribution in [0.2, 0.25) is 5.02 Å². The predicted octanol–water partition coefficient (Wildman–Crippen LogP) is 5.41. The number of benzene rings is 2. The van der Waals surface area contributed by atoms with Gasteiger partial charge in [0.05, 0.1) is 10.5 Å². The summed E-state index contributed by atoms with van der Waals surface area (Å²) in [7, 11) is 0. The van der Waals surface area contributed by atoms with Crippen LogP contribution in [0.4, 0.5) is 5.00 Å². The number of aryl methyl sites for hydroxylation is 1. The van der Waals surface area contributed by atoms with Crippen LogP contribution in [0.5, 0.6) is 0 Å². The molecule has 0 saturated carbocycles. The summed E-state index contributed by atoms with van der Waals surface area (Å²) in [6, 6.07) is 17.1. The van der Waals surface area contributed by atoms with Crippen LogP contribution < -0.4 is 10.9 Å². The summed E-state index contributed by atoms with van der Waals surface area (Å²) in [4.78, 5) is 16.9. The Labute approximate surface area is 177 Å². The molecule has 0 atom stereocenters. The molecule has 4 nitrogen and oxygen atoms in total. The molecule has 0 aliphatic carbocycles. The molecule has 0 fully saturated rings. The van der Waals surface area contributed by atoms with Crippen LogP contribution in [0.3, 0.4) is 0 Å². The first-order valence-electron chi connectivity index (χ1n) is 8.87. The van der Waals surface area contributed by atoms with Crippen molar-refractivity contribution < 1.29 is 4.79 Å². The summed E-state index contributed by atoms with van der Waals surface area (Å²) >= 11 is 7.44. The molecule has 4 rings (SSSR count). The fourth-order valence-corrected chi connectivity index (χ4v) is 3.69. The topological polar surface area (TPSA) is 54.0 Å². The first kappa shape index (κ1) is 19.0. The monoisotopic (exact) mass is 417 g/mol. The van der Waals surface area contributed by atoms with Crippen LogP contribution >= 0.6 is 22.9 Å². The predicted molar refractivity (Wildman–Crippen MR) is 119 cm³/mol. The summed E-state index contributed by atoms with van der Waals surface area (Å²) in [5.74, 6) is 6.05. The number of aromatic nitrogens is 1. The van der Waals surface area contributed by atoms with Crippen molar-refractivity contribution in [3.8, 4) is 11.8 Å². The number of carbonyl (C=O) groups is 1. The molecule has 0 aliphatic heterocycles. The zero-order chi connectivity index (χ0) is 20.2. The number of nitrogens with zero attached hydrogens (tertiary/aromatic N) is 1. The molecular weight excluding hydrogens is 402 g/mol. The molecule has 2 N–H and O–H groups in total. The lowest BCUT2D eigenvalue weighted by Gasteiger charge is -2.08. The normalized spacial score (nSPS) is 10.3. The quantitative estimate of drug-likeness (QED) is 0.346. The van der Waals surface area contributed by atoms with Crippen molar-refractivity contribution in [2.24, 2.45) is 0 Å². The van der Waals surface area contributed by atoms with E-state index in [1.165, 1.54) is 11.3 Å². The molecule has 0 radical (unpaired) electrons. The van der Waals surface area contributed by atoms with Crippen LogP contribution in [0, 0.1) is 18.8 Å². The molecule has 29 heavy (non-hydrogen) atoms. The van der Waals surface area contributed by atoms with Gasteiger partial charge in [0.15, 0.2) is 0 Å². The second-order valence-corrected chi connectivity index (χ2v) is 7.70. The van der Waals surface area contributed by atoms with Gasteiger partial charge in [0.1, 0.15) is 5.00 Å². The second-order valence-electron chi connectivity index (χ2n) is 6.37. The van der Waals surface area contributed by atoms with Gasteiger partial charge in [0.25, 0.3) is 5.91 Å². The Balaban J connectivity index is 1.54. The lowest BCUT2D eigenvalue weighted by molar-refractivity contribution is 0.0963. The van der Waals surface area contributed by atoms with Crippen molar-refractivity contribution in [3.63, 3.8) is 0 Å². The van der Waals surface area contributed by atoms with Gasteiger partial charge >= 0.3 is 0 Å². The SMILES string of the molecule is Cc1ccc(C(=O)NNc2sccc2Cl)cc1C#Cc1cnc2ccccc2c1. The van der Waals surface area contributed by atoms with E-state index >= 15 is 0 Å². The van der Waals surface area contributed by atoms with Crippen LogP contribution in [0.1, 0.15) is 27.0 Å². The summed E-state index contributed by atoms with van der Waals surface area (Å²) in [5.41, 5.74) is 9.57. The van der Waals surface area contributed by atoms with Crippen molar-refractivity contribution in [1.82, 2.24) is 10.4 Å². The van der Waals surface area contributed by atoms with Gasteiger partial charge in [-0.3, -0.25) is 20.6 Å². The number of para-hydroxylation sites is 1. The maximum atomic E-state index is 12.5. The number of halogens is 1. The van der Waals surface area contributed by atoms with E-state index in [0.29, 0.717) is 15.6 Å². The smallest absolute Gasteiger partial charge is 0.269 e. The fourth-order valence-electron chi connectivity index (χ4n) is 2.75. The molecule has 0 aliphatic rings. The van der Waals surface area contributed by atoms with Gasteiger partial charge in [-0.25, -0.2) is 0 Å². The molecule has 2 aromatic heterocycles. The summed E-state index contributed by atoms with van der Waals surface area (Å²) in [6.45, 7) is 1.97. The highest BCUT2D eigenvalue weighted by Gasteiger charge is 2.08. The van der Waals surface area contributed by atoms with Gasteiger partial charge in [-0.15, -0.1) is 11.3 Å². The van der Waals surface area contributed by atoms with Crippen LogP contribution in [-0.2, 0) is 0 Å². The number of fused-ring (bicyclic) bond motifs is 1. The third-order valence-corrected chi connectivity index (χ3v) is 5.60. The zero-order valence-corrected chi connectivity index (χ0v) is 17.1. The molecule has 142 valence electrons. The Morgan fingerprint density at radius 2 is 1.97 bits per heavy atom. The molecular formula is C23H16ClN3OS. The standard InChI is InChI=1S/C23H16ClN3OS/c1-15-6-8-19(22(28)26-27-23-20(24)10-11-29-23)13-17(15)9-7-16-12-18-4-2-3-5-21(18)25-14-16/h2-6,8,10-14,27H,1H3,(H,26,28). The lowest BCUT2D eigenvalue weighted by Crippen LogP contribution is -2.29. The van der Waals surface area contributed by atoms with Gasteiger partial charge in [-0.2, -0.15) is 0 Å². The number of hydrogen-bond donors (Lipinski definition) is 2. The maximum absolute atomic E-state index is 12.5. The summed E-state index contributed by atoms with van der Waals surface area (Å²) in [5, 5.41) is 4.14. The third kappa shape index (κ3) is 4.40. The first-order chi connectivity index (χ1) is 14.1. The number of nitrogens with one attached hydrogen (secondary N) is 2. The van der Waals surface area contributed by atoms with Crippen molar-refractivity contribution in [1.29, 1.82) is 0 Å². The Morgan fingerprint density at radius 1 is 1.10 bits per heavy atom. The number of thiophene rings is 1. The molecule has 2 aromatic carbocycles. The molecule has 0 bridgehead atoms. The van der Waals surface area contributed by atoms with Crippen LogP contribution in [-0.4, -0.2) is 10.9 Å². The maximum Gasteiger partial charge on any atom is 0.269 e. The van der Waals surface area contributed by atoms with Crippen molar-refractivity contribution in [2.75, 3.05) is 5.43 Å². The van der Waals surface area contributed by atoms with Gasteiger partial charge in [-0.1, -0.05) is 47.7 Å². The number of hydrogen-bond acceptors (Lipinski definition) is 4. The average molecular weight is 418 g/mol. The van der Waals surface area contributed by atoms with E-state index in [1.807, 2.05) is 48.7 Å². The third-order valence-electron chi connectivity index (χ3n) is 4.34. The molecule has 6 heteroatoms. The van der Waals surface area contributed by atoms with E-state index in [-0.39, 0.29) is 5.91 Å². The highest BCUT2D eigenvalue weighted by molar-refractivity contribution is 7.14. The van der Waals surface area contributed by atoms with E-state index in [4.69, 9.17) is 11.6 Å². The van der Waals surface area contributed by atoms with E-state index in [2.05, 4.69) is 27.7 Å².